The third kappa shape index (κ3) is 4.62. The van der Waals surface area contributed by atoms with Crippen LogP contribution in [0.25, 0.3) is 0 Å². The fraction of sp³-hybridized carbons (Fsp3) is 0.417. The molecule has 0 spiro atoms. The van der Waals surface area contributed by atoms with Crippen molar-refractivity contribution in [3.05, 3.63) is 57.6 Å². The van der Waals surface area contributed by atoms with Gasteiger partial charge in [0.2, 0.25) is 11.8 Å². The summed E-state index contributed by atoms with van der Waals surface area (Å²) in [6.07, 6.45) is 3.80. The van der Waals surface area contributed by atoms with Crippen LogP contribution in [0, 0.1) is 0 Å². The highest BCUT2D eigenvalue weighted by Crippen LogP contribution is 2.36. The average molecular weight is 519 g/mol. The Morgan fingerprint density at radius 1 is 1.16 bits per heavy atom. The van der Waals surface area contributed by atoms with Crippen LogP contribution in [0.2, 0.25) is 0 Å². The summed E-state index contributed by atoms with van der Waals surface area (Å²) in [6.45, 7) is 2.35. The van der Waals surface area contributed by atoms with E-state index in [9.17, 15) is 18.0 Å². The van der Waals surface area contributed by atoms with Gasteiger partial charge in [0.25, 0.3) is 0 Å². The molecule has 170 valence electrons. The van der Waals surface area contributed by atoms with Crippen molar-refractivity contribution >= 4 is 43.3 Å². The monoisotopic (exact) mass is 518 g/mol. The lowest BCUT2D eigenvalue weighted by molar-refractivity contribution is -0.121. The number of rotatable bonds is 6. The van der Waals surface area contributed by atoms with Crippen LogP contribution in [0.4, 0.5) is 5.69 Å². The van der Waals surface area contributed by atoms with Gasteiger partial charge in [-0.05, 0) is 70.4 Å². The van der Waals surface area contributed by atoms with Crippen molar-refractivity contribution in [2.75, 3.05) is 17.2 Å². The minimum Gasteiger partial charge on any atom is -0.349 e. The summed E-state index contributed by atoms with van der Waals surface area (Å²) < 4.78 is 26.6. The molecule has 8 heteroatoms. The van der Waals surface area contributed by atoms with E-state index in [1.165, 1.54) is 5.56 Å². The smallest absolute Gasteiger partial charge is 0.226 e. The lowest BCUT2D eigenvalue weighted by atomic mass is 9.88. The van der Waals surface area contributed by atoms with E-state index < -0.39 is 9.84 Å². The van der Waals surface area contributed by atoms with E-state index in [1.54, 1.807) is 24.0 Å². The van der Waals surface area contributed by atoms with Crippen molar-refractivity contribution in [1.29, 1.82) is 0 Å². The number of amides is 2. The second kappa shape index (κ2) is 9.35. The van der Waals surface area contributed by atoms with Crippen LogP contribution >= 0.6 is 15.9 Å². The maximum absolute atomic E-state index is 13.1. The number of carbonyl (C=O) groups excluding carboxylic acids is 2. The van der Waals surface area contributed by atoms with Crippen LogP contribution in [0.3, 0.4) is 0 Å². The Morgan fingerprint density at radius 3 is 2.72 bits per heavy atom. The summed E-state index contributed by atoms with van der Waals surface area (Å²) in [5.41, 5.74) is 3.97. The molecule has 2 aromatic carbocycles. The van der Waals surface area contributed by atoms with Crippen molar-refractivity contribution in [2.45, 2.75) is 56.4 Å². The largest absolute Gasteiger partial charge is 0.349 e. The fourth-order valence-electron chi connectivity index (χ4n) is 4.58. The topological polar surface area (TPSA) is 83.6 Å². The number of nitrogens with zero attached hydrogens (tertiary/aromatic N) is 1. The number of hydrogen-bond donors (Lipinski definition) is 1. The summed E-state index contributed by atoms with van der Waals surface area (Å²) in [5, 5.41) is 3.02. The van der Waals surface area contributed by atoms with E-state index in [0.717, 1.165) is 30.4 Å². The minimum atomic E-state index is -3.71. The second-order valence-corrected chi connectivity index (χ2v) is 11.3. The Balaban J connectivity index is 1.46. The van der Waals surface area contributed by atoms with E-state index in [4.69, 9.17) is 0 Å². The van der Waals surface area contributed by atoms with Gasteiger partial charge in [-0.15, -0.1) is 0 Å². The lowest BCUT2D eigenvalue weighted by Gasteiger charge is -2.26. The number of anilines is 1. The van der Waals surface area contributed by atoms with Crippen molar-refractivity contribution < 1.29 is 18.0 Å². The predicted molar refractivity (Wildman–Crippen MR) is 127 cm³/mol. The first kappa shape index (κ1) is 23.0. The van der Waals surface area contributed by atoms with Gasteiger partial charge in [0.15, 0.2) is 9.84 Å². The highest BCUT2D eigenvalue weighted by Gasteiger charge is 2.29. The number of halogens is 1. The molecule has 1 aliphatic carbocycles. The molecule has 0 fully saturated rings. The molecule has 1 unspecified atom stereocenters. The van der Waals surface area contributed by atoms with E-state index >= 15 is 0 Å². The number of aryl methyl sites for hydroxylation is 1. The van der Waals surface area contributed by atoms with Crippen LogP contribution in [-0.4, -0.2) is 32.5 Å². The highest BCUT2D eigenvalue weighted by molar-refractivity contribution is 9.10. The predicted octanol–water partition coefficient (Wildman–Crippen LogP) is 4.11. The van der Waals surface area contributed by atoms with E-state index in [2.05, 4.69) is 27.3 Å². The summed E-state index contributed by atoms with van der Waals surface area (Å²) in [7, 11) is -3.71. The van der Waals surface area contributed by atoms with Crippen molar-refractivity contribution in [3.63, 3.8) is 0 Å². The Bertz CT molecular complexity index is 1160. The Labute approximate surface area is 197 Å². The van der Waals surface area contributed by atoms with Crippen LogP contribution < -0.4 is 10.2 Å². The molecular formula is C24H27BrN2O4S. The van der Waals surface area contributed by atoms with Crippen LogP contribution in [-0.2, 0) is 32.3 Å². The summed E-state index contributed by atoms with van der Waals surface area (Å²) in [5.74, 6) is -0.580. The molecule has 6 nitrogen and oxygen atoms in total. The SMILES string of the molecule is CCC(=O)N1CCc2cc(Br)c(S(=O)(=O)CCC(=O)NC3CCCc4ccccc43)cc21. The van der Waals surface area contributed by atoms with Gasteiger partial charge in [-0.3, -0.25) is 9.59 Å². The number of benzene rings is 2. The van der Waals surface area contributed by atoms with Crippen molar-refractivity contribution in [3.8, 4) is 0 Å². The molecule has 2 amide bonds. The van der Waals surface area contributed by atoms with Gasteiger partial charge in [-0.2, -0.15) is 0 Å². The van der Waals surface area contributed by atoms with Crippen molar-refractivity contribution in [2.24, 2.45) is 0 Å². The molecule has 2 aliphatic rings. The van der Waals surface area contributed by atoms with E-state index in [0.29, 0.717) is 29.5 Å². The standard InChI is InChI=1S/C24H27BrN2O4S/c1-2-24(29)27-12-10-17-14-19(25)22(15-21(17)27)32(30,31)13-11-23(28)26-20-9-5-7-16-6-3-4-8-18(16)20/h3-4,6,8,14-15,20H,2,5,7,9-13H2,1H3,(H,26,28). The fourth-order valence-corrected chi connectivity index (χ4v) is 7.04. The molecular weight excluding hydrogens is 492 g/mol. The number of nitrogens with one attached hydrogen (secondary N) is 1. The molecule has 2 aromatic rings. The molecule has 4 rings (SSSR count). The molecule has 32 heavy (non-hydrogen) atoms. The highest BCUT2D eigenvalue weighted by atomic mass is 79.9. The molecule has 0 aromatic heterocycles. The number of fused-ring (bicyclic) bond motifs is 2. The Morgan fingerprint density at radius 2 is 1.94 bits per heavy atom. The van der Waals surface area contributed by atoms with Gasteiger partial charge in [0, 0.05) is 29.5 Å². The zero-order chi connectivity index (χ0) is 22.9. The molecule has 1 aliphatic heterocycles. The third-order valence-electron chi connectivity index (χ3n) is 6.27. The van der Waals surface area contributed by atoms with Gasteiger partial charge in [-0.25, -0.2) is 8.42 Å². The maximum atomic E-state index is 13.1. The normalized spacial score (nSPS) is 17.6. The van der Waals surface area contributed by atoms with Crippen molar-refractivity contribution in [1.82, 2.24) is 5.32 Å². The van der Waals surface area contributed by atoms with E-state index in [1.807, 2.05) is 18.2 Å². The molecule has 1 atom stereocenters. The first-order chi connectivity index (χ1) is 15.3. The maximum Gasteiger partial charge on any atom is 0.226 e. The average Bonchev–Trinajstić information content (AvgIpc) is 3.19. The summed E-state index contributed by atoms with van der Waals surface area (Å²) >= 11 is 3.38. The zero-order valence-corrected chi connectivity index (χ0v) is 20.5. The molecule has 1 N–H and O–H groups in total. The van der Waals surface area contributed by atoms with Gasteiger partial charge in [0.1, 0.15) is 0 Å². The number of hydrogen-bond acceptors (Lipinski definition) is 4. The van der Waals surface area contributed by atoms with Crippen LogP contribution in [0.15, 0.2) is 45.8 Å². The van der Waals surface area contributed by atoms with E-state index in [-0.39, 0.29) is 34.9 Å². The van der Waals surface area contributed by atoms with Crippen LogP contribution in [0.1, 0.15) is 55.3 Å². The quantitative estimate of drug-likeness (QED) is 0.623. The Hall–Kier alpha value is -2.19. The Kier molecular flexibility index (Phi) is 6.72. The third-order valence-corrected chi connectivity index (χ3v) is 8.94. The first-order valence-electron chi connectivity index (χ1n) is 11.0. The van der Waals surface area contributed by atoms with Gasteiger partial charge < -0.3 is 10.2 Å². The van der Waals surface area contributed by atoms with Gasteiger partial charge >= 0.3 is 0 Å². The summed E-state index contributed by atoms with van der Waals surface area (Å²) in [6, 6.07) is 11.4. The lowest BCUT2D eigenvalue weighted by Crippen LogP contribution is -2.32. The van der Waals surface area contributed by atoms with Gasteiger partial charge in [-0.1, -0.05) is 31.2 Å². The van der Waals surface area contributed by atoms with Crippen LogP contribution in [0.5, 0.6) is 0 Å². The molecule has 0 saturated heterocycles. The minimum absolute atomic E-state index is 0.0263. The number of carbonyl (C=O) groups is 2. The zero-order valence-electron chi connectivity index (χ0n) is 18.1. The van der Waals surface area contributed by atoms with Gasteiger partial charge in [0.05, 0.1) is 16.7 Å². The molecule has 0 bridgehead atoms. The molecule has 0 radical (unpaired) electrons. The summed E-state index contributed by atoms with van der Waals surface area (Å²) in [4.78, 5) is 26.6. The second-order valence-electron chi connectivity index (χ2n) is 8.34. The number of sulfone groups is 1. The molecule has 0 saturated carbocycles. The first-order valence-corrected chi connectivity index (χ1v) is 13.5. The molecule has 1 heterocycles.